The van der Waals surface area contributed by atoms with Gasteiger partial charge in [-0.2, -0.15) is 4.99 Å². The van der Waals surface area contributed by atoms with Crippen LogP contribution in [0, 0.1) is 0 Å². The van der Waals surface area contributed by atoms with E-state index in [1.807, 2.05) is 42.5 Å². The molecule has 3 nitrogen and oxygen atoms in total. The summed E-state index contributed by atoms with van der Waals surface area (Å²) < 4.78 is 6.20. The number of carbonyl (C=O) groups is 1. The molecule has 1 aliphatic rings. The van der Waals surface area contributed by atoms with Crippen molar-refractivity contribution < 1.29 is 9.53 Å². The van der Waals surface area contributed by atoms with Crippen molar-refractivity contribution in [1.82, 2.24) is 0 Å². The summed E-state index contributed by atoms with van der Waals surface area (Å²) >= 11 is 0. The molecule has 1 atom stereocenters. The highest BCUT2D eigenvalue weighted by molar-refractivity contribution is 6.09. The monoisotopic (exact) mass is 335 g/mol. The molecule has 0 spiro atoms. The van der Waals surface area contributed by atoms with E-state index in [2.05, 4.69) is 44.8 Å². The predicted octanol–water partition coefficient (Wildman–Crippen LogP) is 4.98. The van der Waals surface area contributed by atoms with Gasteiger partial charge in [0.05, 0.1) is 0 Å². The molecule has 0 radical (unpaired) electrons. The number of nitrogens with zero attached hydrogens (tertiary/aromatic N) is 1. The first-order valence-corrected chi connectivity index (χ1v) is 8.85. The zero-order valence-electron chi connectivity index (χ0n) is 15.4. The number of benzene rings is 2. The molecule has 25 heavy (non-hydrogen) atoms. The molecule has 0 N–H and O–H groups in total. The molecule has 0 saturated heterocycles. The normalized spacial score (nSPS) is 20.3. The molecule has 130 valence electrons. The van der Waals surface area contributed by atoms with Gasteiger partial charge in [0, 0.05) is 17.5 Å². The number of carbonyl (C=O) groups excluding carboxylic acids is 1. The van der Waals surface area contributed by atoms with Gasteiger partial charge in [0.1, 0.15) is 0 Å². The molecule has 0 aliphatic carbocycles. The molecule has 1 amide bonds. The minimum Gasteiger partial charge on any atom is -0.455 e. The molecular weight excluding hydrogens is 310 g/mol. The fraction of sp³-hybridized carbons (Fsp3) is 0.364. The third kappa shape index (κ3) is 3.23. The van der Waals surface area contributed by atoms with Crippen molar-refractivity contribution in [3.05, 3.63) is 71.3 Å². The number of amides is 1. The van der Waals surface area contributed by atoms with Crippen LogP contribution in [0.3, 0.4) is 0 Å². The maximum absolute atomic E-state index is 12.8. The summed E-state index contributed by atoms with van der Waals surface area (Å²) in [5.74, 6) is 0.204. The molecule has 3 heteroatoms. The van der Waals surface area contributed by atoms with Crippen LogP contribution in [0.15, 0.2) is 59.6 Å². The molecule has 1 aliphatic heterocycles. The van der Waals surface area contributed by atoms with Gasteiger partial charge in [-0.15, -0.1) is 0 Å². The average Bonchev–Trinajstić information content (AvgIpc) is 2.93. The second-order valence-electron chi connectivity index (χ2n) is 7.59. The van der Waals surface area contributed by atoms with Gasteiger partial charge in [0.2, 0.25) is 11.5 Å². The van der Waals surface area contributed by atoms with Gasteiger partial charge in [-0.05, 0) is 23.1 Å². The van der Waals surface area contributed by atoms with E-state index in [-0.39, 0.29) is 11.3 Å². The van der Waals surface area contributed by atoms with Crippen LogP contribution < -0.4 is 0 Å². The first-order valence-electron chi connectivity index (χ1n) is 8.85. The Bertz CT molecular complexity index is 785. The topological polar surface area (TPSA) is 38.7 Å². The molecule has 0 fully saturated rings. The summed E-state index contributed by atoms with van der Waals surface area (Å²) in [5, 5.41) is 0. The first kappa shape index (κ1) is 17.4. The highest BCUT2D eigenvalue weighted by Crippen LogP contribution is 2.38. The molecule has 2 aromatic carbocycles. The summed E-state index contributed by atoms with van der Waals surface area (Å²) in [6, 6.07) is 17.8. The van der Waals surface area contributed by atoms with Crippen molar-refractivity contribution in [2.45, 2.75) is 51.6 Å². The predicted molar refractivity (Wildman–Crippen MR) is 101 cm³/mol. The lowest BCUT2D eigenvalue weighted by molar-refractivity contribution is -0.132. The van der Waals surface area contributed by atoms with Crippen LogP contribution in [0.1, 0.15) is 57.2 Å². The fourth-order valence-electron chi connectivity index (χ4n) is 3.19. The van der Waals surface area contributed by atoms with Crippen LogP contribution >= 0.6 is 0 Å². The van der Waals surface area contributed by atoms with E-state index >= 15 is 0 Å². The number of rotatable bonds is 4. The van der Waals surface area contributed by atoms with Gasteiger partial charge in [0.15, 0.2) is 0 Å². The lowest BCUT2D eigenvalue weighted by Gasteiger charge is -2.28. The molecule has 0 saturated carbocycles. The smallest absolute Gasteiger partial charge is 0.297 e. The standard InChI is InChI=1S/C22H25NO2/c1-5-15-22(18-13-11-17(12-14-18)21(2,3)4)20(24)23-19(25-22)16-9-7-6-8-10-16/h6-14H,5,15H2,1-4H3/t22-/m1/s1. The van der Waals surface area contributed by atoms with E-state index in [4.69, 9.17) is 4.74 Å². The Hall–Kier alpha value is -2.42. The third-order valence-corrected chi connectivity index (χ3v) is 4.66. The lowest BCUT2D eigenvalue weighted by atomic mass is 9.83. The van der Waals surface area contributed by atoms with Gasteiger partial charge in [0.25, 0.3) is 5.91 Å². The summed E-state index contributed by atoms with van der Waals surface area (Å²) in [7, 11) is 0. The lowest BCUT2D eigenvalue weighted by Crippen LogP contribution is -2.34. The maximum atomic E-state index is 12.8. The summed E-state index contributed by atoms with van der Waals surface area (Å²) in [5.41, 5.74) is 2.01. The second kappa shape index (κ2) is 6.47. The second-order valence-corrected chi connectivity index (χ2v) is 7.59. The Morgan fingerprint density at radius 2 is 1.64 bits per heavy atom. The van der Waals surface area contributed by atoms with E-state index < -0.39 is 5.60 Å². The molecular formula is C22H25NO2. The largest absolute Gasteiger partial charge is 0.455 e. The van der Waals surface area contributed by atoms with Gasteiger partial charge >= 0.3 is 0 Å². The Morgan fingerprint density at radius 1 is 1.00 bits per heavy atom. The SMILES string of the molecule is CCC[C@]1(c2ccc(C(C)(C)C)cc2)OC(c2ccccc2)=NC1=O. The van der Waals surface area contributed by atoms with Crippen LogP contribution in [0.4, 0.5) is 0 Å². The van der Waals surface area contributed by atoms with Crippen molar-refractivity contribution >= 4 is 11.8 Å². The van der Waals surface area contributed by atoms with Crippen molar-refractivity contribution in [2.24, 2.45) is 4.99 Å². The first-order chi connectivity index (χ1) is 11.9. The quantitative estimate of drug-likeness (QED) is 0.790. The fourth-order valence-corrected chi connectivity index (χ4v) is 3.19. The highest BCUT2D eigenvalue weighted by Gasteiger charge is 2.47. The summed E-state index contributed by atoms with van der Waals surface area (Å²) in [6.07, 6.45) is 1.45. The van der Waals surface area contributed by atoms with Crippen molar-refractivity contribution in [3.63, 3.8) is 0 Å². The number of hydrogen-bond acceptors (Lipinski definition) is 2. The Kier molecular flexibility index (Phi) is 4.51. The number of aliphatic imine (C=N–C) groups is 1. The Morgan fingerprint density at radius 3 is 2.20 bits per heavy atom. The van der Waals surface area contributed by atoms with Crippen molar-refractivity contribution in [1.29, 1.82) is 0 Å². The maximum Gasteiger partial charge on any atom is 0.297 e. The molecule has 0 bridgehead atoms. The Balaban J connectivity index is 1.97. The van der Waals surface area contributed by atoms with Gasteiger partial charge in [-0.3, -0.25) is 4.79 Å². The molecule has 3 rings (SSSR count). The van der Waals surface area contributed by atoms with E-state index in [0.29, 0.717) is 12.3 Å². The molecule has 0 unspecified atom stereocenters. The van der Waals surface area contributed by atoms with Crippen LogP contribution in [0.25, 0.3) is 0 Å². The minimum absolute atomic E-state index is 0.0721. The highest BCUT2D eigenvalue weighted by atomic mass is 16.5. The van der Waals surface area contributed by atoms with Crippen molar-refractivity contribution in [3.8, 4) is 0 Å². The zero-order valence-corrected chi connectivity index (χ0v) is 15.4. The summed E-state index contributed by atoms with van der Waals surface area (Å²) in [6.45, 7) is 8.59. The van der Waals surface area contributed by atoms with Crippen LogP contribution in [-0.4, -0.2) is 11.8 Å². The number of hydrogen-bond donors (Lipinski definition) is 0. The Labute approximate surface area is 149 Å². The molecule has 0 aromatic heterocycles. The molecule has 2 aromatic rings. The van der Waals surface area contributed by atoms with Crippen molar-refractivity contribution in [2.75, 3.05) is 0 Å². The van der Waals surface area contributed by atoms with E-state index in [1.54, 1.807) is 0 Å². The zero-order chi connectivity index (χ0) is 18.1. The van der Waals surface area contributed by atoms with E-state index in [1.165, 1.54) is 5.56 Å². The third-order valence-electron chi connectivity index (χ3n) is 4.66. The van der Waals surface area contributed by atoms with E-state index in [0.717, 1.165) is 17.5 Å². The van der Waals surface area contributed by atoms with Gasteiger partial charge < -0.3 is 4.74 Å². The molecule has 1 heterocycles. The van der Waals surface area contributed by atoms with E-state index in [9.17, 15) is 4.79 Å². The number of ether oxygens (including phenoxy) is 1. The summed E-state index contributed by atoms with van der Waals surface area (Å²) in [4.78, 5) is 17.1. The van der Waals surface area contributed by atoms with Crippen LogP contribution in [0.5, 0.6) is 0 Å². The van der Waals surface area contributed by atoms with Gasteiger partial charge in [-0.25, -0.2) is 0 Å². The minimum atomic E-state index is -1.00. The van der Waals surface area contributed by atoms with Gasteiger partial charge in [-0.1, -0.05) is 76.6 Å². The average molecular weight is 335 g/mol. The van der Waals surface area contributed by atoms with Crippen LogP contribution in [0.2, 0.25) is 0 Å². The van der Waals surface area contributed by atoms with Crippen LogP contribution in [-0.2, 0) is 20.5 Å².